The number of aromatic nitrogens is 2. The first kappa shape index (κ1) is 14.1. The van der Waals surface area contributed by atoms with Crippen LogP contribution in [0.25, 0.3) is 10.9 Å². The zero-order valence-corrected chi connectivity index (χ0v) is 12.4. The smallest absolute Gasteiger partial charge is 0.399 e. The normalized spacial score (nSPS) is 20.1. The summed E-state index contributed by atoms with van der Waals surface area (Å²) in [5.74, 6) is 0. The molecule has 6 nitrogen and oxygen atoms in total. The predicted molar refractivity (Wildman–Crippen MR) is 80.9 cm³/mol. The molecule has 0 aliphatic carbocycles. The van der Waals surface area contributed by atoms with Crippen molar-refractivity contribution in [2.75, 3.05) is 0 Å². The van der Waals surface area contributed by atoms with Gasteiger partial charge in [0.1, 0.15) is 0 Å². The number of aromatic amines is 2. The fourth-order valence-electron chi connectivity index (χ4n) is 2.31. The Bertz CT molecular complexity index is 806. The summed E-state index contributed by atoms with van der Waals surface area (Å²) in [5.41, 5.74) is -0.575. The van der Waals surface area contributed by atoms with Gasteiger partial charge in [0.25, 0.3) is 5.56 Å². The third-order valence-corrected chi connectivity index (χ3v) is 4.29. The van der Waals surface area contributed by atoms with Crippen LogP contribution in [0.2, 0.25) is 0 Å². The monoisotopic (exact) mass is 288 g/mol. The van der Waals surface area contributed by atoms with Crippen LogP contribution in [0, 0.1) is 0 Å². The summed E-state index contributed by atoms with van der Waals surface area (Å²) in [6, 6.07) is 5.15. The molecular weight excluding hydrogens is 271 g/mol. The van der Waals surface area contributed by atoms with Crippen molar-refractivity contribution in [3.8, 4) is 0 Å². The summed E-state index contributed by atoms with van der Waals surface area (Å²) >= 11 is 0. The quantitative estimate of drug-likeness (QED) is 0.749. The first-order valence-electron chi connectivity index (χ1n) is 6.81. The second kappa shape index (κ2) is 4.32. The van der Waals surface area contributed by atoms with Crippen LogP contribution in [0.4, 0.5) is 0 Å². The maximum absolute atomic E-state index is 11.7. The number of H-pyrrole nitrogens is 2. The van der Waals surface area contributed by atoms with E-state index in [0.29, 0.717) is 10.9 Å². The Balaban J connectivity index is 2.07. The second-order valence-electron chi connectivity index (χ2n) is 6.30. The van der Waals surface area contributed by atoms with E-state index in [1.807, 2.05) is 27.7 Å². The van der Waals surface area contributed by atoms with Gasteiger partial charge in [-0.25, -0.2) is 4.79 Å². The van der Waals surface area contributed by atoms with Gasteiger partial charge in [-0.1, -0.05) is 6.07 Å². The van der Waals surface area contributed by atoms with Gasteiger partial charge in [-0.2, -0.15) is 0 Å². The van der Waals surface area contributed by atoms with Gasteiger partial charge in [0.15, 0.2) is 0 Å². The Kier molecular flexibility index (Phi) is 2.90. The molecule has 0 bridgehead atoms. The molecule has 0 unspecified atom stereocenters. The van der Waals surface area contributed by atoms with Crippen molar-refractivity contribution in [1.29, 1.82) is 0 Å². The maximum atomic E-state index is 11.7. The topological polar surface area (TPSA) is 84.2 Å². The van der Waals surface area contributed by atoms with Crippen LogP contribution in [0.1, 0.15) is 27.7 Å². The van der Waals surface area contributed by atoms with E-state index in [-0.39, 0.29) is 0 Å². The minimum absolute atomic E-state index is 0.408. The molecule has 1 aliphatic rings. The van der Waals surface area contributed by atoms with Gasteiger partial charge in [0.05, 0.1) is 22.1 Å². The molecule has 0 atom stereocenters. The van der Waals surface area contributed by atoms with E-state index in [1.54, 1.807) is 18.2 Å². The van der Waals surface area contributed by atoms with Gasteiger partial charge in [0.2, 0.25) is 0 Å². The van der Waals surface area contributed by atoms with Crippen LogP contribution in [-0.2, 0) is 9.31 Å². The Morgan fingerprint density at radius 3 is 2.24 bits per heavy atom. The molecule has 1 aromatic heterocycles. The molecule has 0 saturated carbocycles. The molecule has 1 aliphatic heterocycles. The summed E-state index contributed by atoms with van der Waals surface area (Å²) in [5, 5.41) is 0.426. The third kappa shape index (κ3) is 2.22. The van der Waals surface area contributed by atoms with Crippen LogP contribution in [0.3, 0.4) is 0 Å². The molecular formula is C14H17BN2O4. The maximum Gasteiger partial charge on any atom is 0.494 e. The Morgan fingerprint density at radius 1 is 1.00 bits per heavy atom. The SMILES string of the molecule is CC1(C)OB(c2ccc3c(=O)[nH]c(=O)[nH]c3c2)OC1(C)C. The molecule has 2 heterocycles. The van der Waals surface area contributed by atoms with Crippen LogP contribution in [0.15, 0.2) is 27.8 Å². The Labute approximate surface area is 121 Å². The number of hydrogen-bond donors (Lipinski definition) is 2. The van der Waals surface area contributed by atoms with Gasteiger partial charge in [-0.05, 0) is 45.3 Å². The van der Waals surface area contributed by atoms with Crippen molar-refractivity contribution in [2.45, 2.75) is 38.9 Å². The highest BCUT2D eigenvalue weighted by Crippen LogP contribution is 2.36. The van der Waals surface area contributed by atoms with E-state index in [0.717, 1.165) is 5.46 Å². The Morgan fingerprint density at radius 2 is 1.62 bits per heavy atom. The van der Waals surface area contributed by atoms with Crippen molar-refractivity contribution in [2.24, 2.45) is 0 Å². The summed E-state index contributed by atoms with van der Waals surface area (Å²) in [6.45, 7) is 7.89. The third-order valence-electron chi connectivity index (χ3n) is 4.29. The minimum Gasteiger partial charge on any atom is -0.399 e. The standard InChI is InChI=1S/C14H17BN2O4/c1-13(2)14(3,4)21-15(20-13)8-5-6-9-10(7-8)16-12(19)17-11(9)18/h5-7H,1-4H3,(H2,16,17,18,19). The fraction of sp³-hybridized carbons (Fsp3) is 0.429. The molecule has 21 heavy (non-hydrogen) atoms. The lowest BCUT2D eigenvalue weighted by molar-refractivity contribution is 0.00578. The van der Waals surface area contributed by atoms with Crippen molar-refractivity contribution in [1.82, 2.24) is 9.97 Å². The van der Waals surface area contributed by atoms with Gasteiger partial charge in [0, 0.05) is 0 Å². The van der Waals surface area contributed by atoms with Crippen LogP contribution in [0.5, 0.6) is 0 Å². The van der Waals surface area contributed by atoms with Crippen molar-refractivity contribution in [3.05, 3.63) is 39.0 Å². The minimum atomic E-state index is -0.529. The van der Waals surface area contributed by atoms with E-state index in [1.165, 1.54) is 0 Å². The van der Waals surface area contributed by atoms with Crippen LogP contribution in [-0.4, -0.2) is 28.3 Å². The number of benzene rings is 1. The number of fused-ring (bicyclic) bond motifs is 1. The zero-order valence-electron chi connectivity index (χ0n) is 12.4. The van der Waals surface area contributed by atoms with Gasteiger partial charge in [-0.3, -0.25) is 9.78 Å². The first-order chi connectivity index (χ1) is 9.69. The largest absolute Gasteiger partial charge is 0.494 e. The van der Waals surface area contributed by atoms with Gasteiger partial charge >= 0.3 is 12.8 Å². The van der Waals surface area contributed by atoms with Crippen molar-refractivity contribution >= 4 is 23.5 Å². The summed E-state index contributed by atoms with van der Waals surface area (Å²) in [4.78, 5) is 27.9. The molecule has 0 spiro atoms. The molecule has 0 amide bonds. The molecule has 2 N–H and O–H groups in total. The molecule has 1 saturated heterocycles. The number of hydrogen-bond acceptors (Lipinski definition) is 4. The van der Waals surface area contributed by atoms with Gasteiger partial charge in [-0.15, -0.1) is 0 Å². The fourth-order valence-corrected chi connectivity index (χ4v) is 2.31. The van der Waals surface area contributed by atoms with Crippen molar-refractivity contribution in [3.63, 3.8) is 0 Å². The van der Waals surface area contributed by atoms with Gasteiger partial charge < -0.3 is 14.3 Å². The lowest BCUT2D eigenvalue weighted by atomic mass is 9.79. The second-order valence-corrected chi connectivity index (χ2v) is 6.30. The van der Waals surface area contributed by atoms with E-state index >= 15 is 0 Å². The first-order valence-corrected chi connectivity index (χ1v) is 6.81. The van der Waals surface area contributed by atoms with E-state index in [2.05, 4.69) is 9.97 Å². The summed E-state index contributed by atoms with van der Waals surface area (Å²) in [7, 11) is -0.526. The summed E-state index contributed by atoms with van der Waals surface area (Å²) < 4.78 is 11.9. The van der Waals surface area contributed by atoms with Crippen LogP contribution < -0.4 is 16.7 Å². The zero-order chi connectivity index (χ0) is 15.4. The molecule has 1 aromatic carbocycles. The van der Waals surface area contributed by atoms with Crippen LogP contribution >= 0.6 is 0 Å². The molecule has 1 fully saturated rings. The molecule has 110 valence electrons. The molecule has 3 rings (SSSR count). The highest BCUT2D eigenvalue weighted by atomic mass is 16.7. The van der Waals surface area contributed by atoms with E-state index < -0.39 is 29.6 Å². The lowest BCUT2D eigenvalue weighted by Crippen LogP contribution is -2.41. The van der Waals surface area contributed by atoms with E-state index in [4.69, 9.17) is 9.31 Å². The van der Waals surface area contributed by atoms with E-state index in [9.17, 15) is 9.59 Å². The molecule has 2 aromatic rings. The molecule has 0 radical (unpaired) electrons. The number of rotatable bonds is 1. The van der Waals surface area contributed by atoms with Crippen molar-refractivity contribution < 1.29 is 9.31 Å². The highest BCUT2D eigenvalue weighted by molar-refractivity contribution is 6.62. The number of nitrogens with one attached hydrogen (secondary N) is 2. The summed E-state index contributed by atoms with van der Waals surface area (Å²) in [6.07, 6.45) is 0. The average molecular weight is 288 g/mol. The Hall–Kier alpha value is -1.86. The molecule has 7 heteroatoms. The highest BCUT2D eigenvalue weighted by Gasteiger charge is 2.51. The lowest BCUT2D eigenvalue weighted by Gasteiger charge is -2.32. The predicted octanol–water partition coefficient (Wildman–Crippen LogP) is 0.516. The average Bonchev–Trinajstić information content (AvgIpc) is 2.57.